The van der Waals surface area contributed by atoms with Crippen LogP contribution < -0.4 is 5.32 Å². The first kappa shape index (κ1) is 15.5. The van der Waals surface area contributed by atoms with Gasteiger partial charge in [0.05, 0.1) is 5.56 Å². The molecule has 0 aliphatic heterocycles. The van der Waals surface area contributed by atoms with Crippen LogP contribution in [-0.4, -0.2) is 4.98 Å². The Bertz CT molecular complexity index is 582. The highest BCUT2D eigenvalue weighted by molar-refractivity contribution is 5.32. The van der Waals surface area contributed by atoms with E-state index in [1.54, 1.807) is 25.4 Å². The largest absolute Gasteiger partial charge is 0.416 e. The topological polar surface area (TPSA) is 24.9 Å². The first-order valence-electron chi connectivity index (χ1n) is 6.71. The van der Waals surface area contributed by atoms with Gasteiger partial charge in [0.25, 0.3) is 0 Å². The molecule has 0 saturated carbocycles. The molecule has 0 spiro atoms. The van der Waals surface area contributed by atoms with Gasteiger partial charge < -0.3 is 5.32 Å². The van der Waals surface area contributed by atoms with Crippen LogP contribution in [0.3, 0.4) is 0 Å². The minimum atomic E-state index is -4.34. The molecule has 21 heavy (non-hydrogen) atoms. The molecular weight excluding hydrogens is 277 g/mol. The maximum absolute atomic E-state index is 13.0. The van der Waals surface area contributed by atoms with Gasteiger partial charge in [0.15, 0.2) is 0 Å². The molecule has 0 saturated heterocycles. The summed E-state index contributed by atoms with van der Waals surface area (Å²) in [7, 11) is 0. The fourth-order valence-corrected chi connectivity index (χ4v) is 2.33. The number of nitrogens with one attached hydrogen (secondary N) is 1. The van der Waals surface area contributed by atoms with E-state index in [4.69, 9.17) is 0 Å². The molecule has 0 amide bonds. The molecule has 2 atom stereocenters. The van der Waals surface area contributed by atoms with Crippen molar-refractivity contribution < 1.29 is 13.2 Å². The number of rotatable bonds is 4. The SMILES string of the molecule is CC(NC(C)c1ccccc1C(F)(F)F)c1cccnc1. The van der Waals surface area contributed by atoms with Crippen LogP contribution in [0, 0.1) is 0 Å². The monoisotopic (exact) mass is 294 g/mol. The zero-order chi connectivity index (χ0) is 15.5. The molecule has 0 fully saturated rings. The summed E-state index contributed by atoms with van der Waals surface area (Å²) >= 11 is 0. The van der Waals surface area contributed by atoms with E-state index in [0.29, 0.717) is 0 Å². The number of alkyl halides is 3. The summed E-state index contributed by atoms with van der Waals surface area (Å²) in [6, 6.07) is 8.85. The summed E-state index contributed by atoms with van der Waals surface area (Å²) in [4.78, 5) is 4.02. The Morgan fingerprint density at radius 1 is 1.00 bits per heavy atom. The molecule has 2 unspecified atom stereocenters. The Morgan fingerprint density at radius 3 is 2.33 bits per heavy atom. The molecule has 1 aromatic carbocycles. The van der Waals surface area contributed by atoms with Gasteiger partial charge in [0, 0.05) is 24.5 Å². The molecular formula is C16H17F3N2. The second-order valence-corrected chi connectivity index (χ2v) is 4.98. The molecule has 112 valence electrons. The van der Waals surface area contributed by atoms with E-state index in [1.807, 2.05) is 19.1 Å². The highest BCUT2D eigenvalue weighted by Gasteiger charge is 2.34. The smallest absolute Gasteiger partial charge is 0.304 e. The first-order valence-corrected chi connectivity index (χ1v) is 6.71. The number of pyridine rings is 1. The van der Waals surface area contributed by atoms with Gasteiger partial charge in [0.2, 0.25) is 0 Å². The Hall–Kier alpha value is -1.88. The average Bonchev–Trinajstić information content (AvgIpc) is 2.47. The fraction of sp³-hybridized carbons (Fsp3) is 0.312. The molecule has 1 aromatic heterocycles. The molecule has 0 bridgehead atoms. The van der Waals surface area contributed by atoms with E-state index in [-0.39, 0.29) is 11.6 Å². The van der Waals surface area contributed by atoms with Crippen LogP contribution in [0.4, 0.5) is 13.2 Å². The van der Waals surface area contributed by atoms with Crippen molar-refractivity contribution in [2.45, 2.75) is 32.1 Å². The zero-order valence-electron chi connectivity index (χ0n) is 11.9. The number of nitrogens with zero attached hydrogens (tertiary/aromatic N) is 1. The van der Waals surface area contributed by atoms with Gasteiger partial charge in [-0.15, -0.1) is 0 Å². The third-order valence-corrected chi connectivity index (χ3v) is 3.42. The van der Waals surface area contributed by atoms with Crippen LogP contribution in [0.15, 0.2) is 48.8 Å². The molecule has 1 heterocycles. The standard InChI is InChI=1S/C16H17F3N2/c1-11(13-6-5-9-20-10-13)21-12(2)14-7-3-4-8-15(14)16(17,18)19/h3-12,21H,1-2H3. The van der Waals surface area contributed by atoms with Gasteiger partial charge >= 0.3 is 6.18 Å². The van der Waals surface area contributed by atoms with Crippen molar-refractivity contribution in [1.82, 2.24) is 10.3 Å². The summed E-state index contributed by atoms with van der Waals surface area (Å²) in [5, 5.41) is 3.18. The molecule has 2 rings (SSSR count). The zero-order valence-corrected chi connectivity index (χ0v) is 11.9. The summed E-state index contributed by atoms with van der Waals surface area (Å²) in [6.07, 6.45) is -0.970. The van der Waals surface area contributed by atoms with Gasteiger partial charge in [-0.3, -0.25) is 4.98 Å². The lowest BCUT2D eigenvalue weighted by atomic mass is 9.99. The normalized spacial score (nSPS) is 14.7. The van der Waals surface area contributed by atoms with Crippen LogP contribution in [-0.2, 0) is 6.18 Å². The number of aromatic nitrogens is 1. The number of benzene rings is 1. The van der Waals surface area contributed by atoms with Crippen molar-refractivity contribution in [3.8, 4) is 0 Å². The second kappa shape index (κ2) is 6.26. The molecule has 1 N–H and O–H groups in total. The van der Waals surface area contributed by atoms with E-state index in [2.05, 4.69) is 10.3 Å². The maximum atomic E-state index is 13.0. The van der Waals surface area contributed by atoms with Gasteiger partial charge in [-0.25, -0.2) is 0 Å². The molecule has 0 aliphatic rings. The summed E-state index contributed by atoms with van der Waals surface area (Å²) < 4.78 is 39.1. The van der Waals surface area contributed by atoms with Crippen LogP contribution in [0.2, 0.25) is 0 Å². The highest BCUT2D eigenvalue weighted by atomic mass is 19.4. The molecule has 5 heteroatoms. The Morgan fingerprint density at radius 2 is 1.71 bits per heavy atom. The lowest BCUT2D eigenvalue weighted by molar-refractivity contribution is -0.138. The van der Waals surface area contributed by atoms with Gasteiger partial charge in [-0.2, -0.15) is 13.2 Å². The van der Waals surface area contributed by atoms with Crippen LogP contribution in [0.25, 0.3) is 0 Å². The Kier molecular flexibility index (Phi) is 4.63. The van der Waals surface area contributed by atoms with Crippen molar-refractivity contribution in [2.75, 3.05) is 0 Å². The Balaban J connectivity index is 2.20. The Labute approximate surface area is 122 Å². The fourth-order valence-electron chi connectivity index (χ4n) is 2.33. The van der Waals surface area contributed by atoms with Crippen LogP contribution >= 0.6 is 0 Å². The number of hydrogen-bond donors (Lipinski definition) is 1. The maximum Gasteiger partial charge on any atom is 0.416 e. The van der Waals surface area contributed by atoms with E-state index in [9.17, 15) is 13.2 Å². The van der Waals surface area contributed by atoms with Crippen molar-refractivity contribution in [3.63, 3.8) is 0 Å². The molecule has 2 nitrogen and oxygen atoms in total. The van der Waals surface area contributed by atoms with Gasteiger partial charge in [0.1, 0.15) is 0 Å². The average molecular weight is 294 g/mol. The quantitative estimate of drug-likeness (QED) is 0.897. The first-order chi connectivity index (χ1) is 9.89. The molecule has 0 radical (unpaired) electrons. The highest BCUT2D eigenvalue weighted by Crippen LogP contribution is 2.34. The summed E-state index contributed by atoms with van der Waals surface area (Å²) in [6.45, 7) is 3.64. The van der Waals surface area contributed by atoms with Crippen molar-refractivity contribution >= 4 is 0 Å². The second-order valence-electron chi connectivity index (χ2n) is 4.98. The number of hydrogen-bond acceptors (Lipinski definition) is 2. The third-order valence-electron chi connectivity index (χ3n) is 3.42. The summed E-state index contributed by atoms with van der Waals surface area (Å²) in [5.41, 5.74) is 0.595. The van der Waals surface area contributed by atoms with E-state index < -0.39 is 17.8 Å². The van der Waals surface area contributed by atoms with Crippen LogP contribution in [0.1, 0.15) is 42.6 Å². The van der Waals surface area contributed by atoms with Crippen molar-refractivity contribution in [2.24, 2.45) is 0 Å². The van der Waals surface area contributed by atoms with Crippen LogP contribution in [0.5, 0.6) is 0 Å². The van der Waals surface area contributed by atoms with Crippen molar-refractivity contribution in [3.05, 3.63) is 65.5 Å². The molecule has 0 aliphatic carbocycles. The predicted molar refractivity (Wildman–Crippen MR) is 75.6 cm³/mol. The molecule has 2 aromatic rings. The predicted octanol–water partition coefficient (Wildman–Crippen LogP) is 4.51. The minimum absolute atomic E-state index is 0.0880. The van der Waals surface area contributed by atoms with E-state index >= 15 is 0 Å². The van der Waals surface area contributed by atoms with Crippen molar-refractivity contribution in [1.29, 1.82) is 0 Å². The summed E-state index contributed by atoms with van der Waals surface area (Å²) in [5.74, 6) is 0. The van der Waals surface area contributed by atoms with Gasteiger partial charge in [-0.1, -0.05) is 24.3 Å². The third kappa shape index (κ3) is 3.82. The number of halogens is 3. The lowest BCUT2D eigenvalue weighted by Crippen LogP contribution is -2.25. The lowest BCUT2D eigenvalue weighted by Gasteiger charge is -2.23. The van der Waals surface area contributed by atoms with E-state index in [1.165, 1.54) is 12.1 Å². The minimum Gasteiger partial charge on any atom is -0.304 e. The van der Waals surface area contributed by atoms with Gasteiger partial charge in [-0.05, 0) is 37.1 Å². The van der Waals surface area contributed by atoms with E-state index in [0.717, 1.165) is 11.6 Å².